The summed E-state index contributed by atoms with van der Waals surface area (Å²) >= 11 is 0. The minimum Gasteiger partial charge on any atom is -0.506 e. The van der Waals surface area contributed by atoms with Crippen molar-refractivity contribution in [3.63, 3.8) is 0 Å². The number of phenolic OH excluding ortho intramolecular Hbond substituents is 1. The first kappa shape index (κ1) is 35.8. The van der Waals surface area contributed by atoms with Crippen LogP contribution < -0.4 is 26.2 Å². The SMILES string of the molecule is O=C(COc1cccc(C(O)(C(=O)O)c2ccccc2)c1)NC1CC(NC(=O)c2ccc(CNCC(O)c3ccc(O)c4[nH]c(=O)ccc34)cc2)C1. The van der Waals surface area contributed by atoms with Gasteiger partial charge in [-0.15, -0.1) is 0 Å². The number of benzene rings is 4. The summed E-state index contributed by atoms with van der Waals surface area (Å²) in [5.41, 5.74) is -0.157. The van der Waals surface area contributed by atoms with Crippen LogP contribution in [-0.4, -0.2) is 68.4 Å². The Labute approximate surface area is 297 Å². The van der Waals surface area contributed by atoms with Gasteiger partial charge in [-0.05, 0) is 65.9 Å². The molecule has 8 N–H and O–H groups in total. The fourth-order valence-corrected chi connectivity index (χ4v) is 6.23. The number of aliphatic hydroxyl groups excluding tert-OH is 1. The van der Waals surface area contributed by atoms with Crippen LogP contribution in [0.3, 0.4) is 0 Å². The normalized spacial score (nSPS) is 17.0. The zero-order valence-electron chi connectivity index (χ0n) is 27.9. The van der Waals surface area contributed by atoms with E-state index in [0.29, 0.717) is 35.9 Å². The minimum absolute atomic E-state index is 0.0768. The topological polar surface area (TPSA) is 210 Å². The molecule has 0 radical (unpaired) electrons. The molecular formula is C39H38N4O9. The van der Waals surface area contributed by atoms with Crippen LogP contribution in [0, 0.1) is 0 Å². The third-order valence-electron chi connectivity index (χ3n) is 9.11. The van der Waals surface area contributed by atoms with E-state index in [2.05, 4.69) is 20.9 Å². The maximum Gasteiger partial charge on any atom is 0.345 e. The van der Waals surface area contributed by atoms with Crippen LogP contribution in [0.1, 0.15) is 51.6 Å². The van der Waals surface area contributed by atoms with E-state index in [4.69, 9.17) is 4.74 Å². The fourth-order valence-electron chi connectivity index (χ4n) is 6.23. The molecule has 268 valence electrons. The molecule has 1 heterocycles. The van der Waals surface area contributed by atoms with Crippen molar-refractivity contribution in [2.75, 3.05) is 13.2 Å². The van der Waals surface area contributed by atoms with E-state index in [1.54, 1.807) is 54.6 Å². The summed E-state index contributed by atoms with van der Waals surface area (Å²) in [6.45, 7) is 0.332. The maximum atomic E-state index is 12.8. The molecule has 6 rings (SSSR count). The number of carbonyl (C=O) groups is 3. The number of aliphatic hydroxyl groups is 2. The number of amides is 2. The summed E-state index contributed by atoms with van der Waals surface area (Å²) in [4.78, 5) is 51.7. The first-order chi connectivity index (χ1) is 25.0. The molecule has 13 heteroatoms. The molecule has 0 aliphatic heterocycles. The van der Waals surface area contributed by atoms with E-state index in [9.17, 15) is 39.6 Å². The predicted octanol–water partition coefficient (Wildman–Crippen LogP) is 2.83. The Hall–Kier alpha value is -6.02. The zero-order chi connectivity index (χ0) is 36.8. The minimum atomic E-state index is -2.30. The van der Waals surface area contributed by atoms with E-state index in [0.717, 1.165) is 5.56 Å². The molecule has 52 heavy (non-hydrogen) atoms. The van der Waals surface area contributed by atoms with Gasteiger partial charge < -0.3 is 46.1 Å². The number of carbonyl (C=O) groups excluding carboxylic acids is 2. The Morgan fingerprint density at radius 1 is 0.865 bits per heavy atom. The molecule has 13 nitrogen and oxygen atoms in total. The molecule has 2 unspecified atom stereocenters. The highest BCUT2D eigenvalue weighted by atomic mass is 16.5. The number of aromatic hydroxyl groups is 1. The van der Waals surface area contributed by atoms with E-state index in [1.165, 1.54) is 36.4 Å². The number of phenols is 1. The fraction of sp³-hybridized carbons (Fsp3) is 0.231. The van der Waals surface area contributed by atoms with Crippen molar-refractivity contribution in [1.82, 2.24) is 20.9 Å². The summed E-state index contributed by atoms with van der Waals surface area (Å²) in [5.74, 6) is -1.90. The number of aromatic nitrogens is 1. The van der Waals surface area contributed by atoms with Crippen molar-refractivity contribution in [2.45, 2.75) is 43.2 Å². The van der Waals surface area contributed by atoms with Crippen molar-refractivity contribution >= 4 is 28.7 Å². The van der Waals surface area contributed by atoms with E-state index in [-0.39, 0.29) is 70.8 Å². The van der Waals surface area contributed by atoms with Crippen LogP contribution in [0.2, 0.25) is 0 Å². The number of pyridine rings is 1. The largest absolute Gasteiger partial charge is 0.506 e. The lowest BCUT2D eigenvalue weighted by molar-refractivity contribution is -0.155. The number of fused-ring (bicyclic) bond motifs is 1. The smallest absolute Gasteiger partial charge is 0.345 e. The van der Waals surface area contributed by atoms with Gasteiger partial charge in [0.2, 0.25) is 11.2 Å². The molecule has 4 aromatic carbocycles. The molecule has 1 saturated carbocycles. The number of H-pyrrole nitrogens is 1. The number of carboxylic acids is 1. The Bertz CT molecular complexity index is 2130. The molecule has 0 spiro atoms. The molecule has 0 bridgehead atoms. The number of aliphatic carboxylic acids is 1. The number of nitrogens with one attached hydrogen (secondary N) is 4. The Morgan fingerprint density at radius 2 is 1.58 bits per heavy atom. The molecular weight excluding hydrogens is 668 g/mol. The highest BCUT2D eigenvalue weighted by molar-refractivity contribution is 5.94. The summed E-state index contributed by atoms with van der Waals surface area (Å²) in [7, 11) is 0. The zero-order valence-corrected chi connectivity index (χ0v) is 27.9. The number of ether oxygens (including phenoxy) is 1. The number of hydrogen-bond acceptors (Lipinski definition) is 9. The summed E-state index contributed by atoms with van der Waals surface area (Å²) in [6.07, 6.45) is 0.201. The highest BCUT2D eigenvalue weighted by Crippen LogP contribution is 2.32. The van der Waals surface area contributed by atoms with Gasteiger partial charge in [-0.1, -0.05) is 60.7 Å². The van der Waals surface area contributed by atoms with E-state index in [1.807, 2.05) is 12.1 Å². The lowest BCUT2D eigenvalue weighted by Crippen LogP contribution is -2.54. The van der Waals surface area contributed by atoms with Crippen LogP contribution in [0.4, 0.5) is 0 Å². The molecule has 1 aromatic heterocycles. The van der Waals surface area contributed by atoms with Crippen molar-refractivity contribution in [2.24, 2.45) is 0 Å². The van der Waals surface area contributed by atoms with Crippen LogP contribution >= 0.6 is 0 Å². The molecule has 2 amide bonds. The lowest BCUT2D eigenvalue weighted by Gasteiger charge is -2.36. The second-order valence-corrected chi connectivity index (χ2v) is 12.7. The van der Waals surface area contributed by atoms with Gasteiger partial charge in [0, 0.05) is 47.8 Å². The maximum absolute atomic E-state index is 12.8. The van der Waals surface area contributed by atoms with Crippen LogP contribution in [0.25, 0.3) is 10.9 Å². The molecule has 2 atom stereocenters. The monoisotopic (exact) mass is 706 g/mol. The molecule has 1 aliphatic carbocycles. The highest BCUT2D eigenvalue weighted by Gasteiger charge is 2.40. The first-order valence-electron chi connectivity index (χ1n) is 16.7. The van der Waals surface area contributed by atoms with Gasteiger partial charge in [0.1, 0.15) is 11.5 Å². The van der Waals surface area contributed by atoms with Crippen LogP contribution in [0.15, 0.2) is 108 Å². The average molecular weight is 707 g/mol. The van der Waals surface area contributed by atoms with E-state index >= 15 is 0 Å². The third kappa shape index (κ3) is 7.97. The number of carboxylic acid groups (broad SMARTS) is 1. The quantitative estimate of drug-likeness (QED) is 0.0847. The van der Waals surface area contributed by atoms with Crippen LogP contribution in [0.5, 0.6) is 11.5 Å². The van der Waals surface area contributed by atoms with Gasteiger partial charge >= 0.3 is 5.97 Å². The molecule has 1 aliphatic rings. The van der Waals surface area contributed by atoms with Gasteiger partial charge in [-0.2, -0.15) is 0 Å². The van der Waals surface area contributed by atoms with Gasteiger partial charge in [0.05, 0.1) is 11.6 Å². The van der Waals surface area contributed by atoms with Crippen molar-refractivity contribution in [3.8, 4) is 11.5 Å². The Kier molecular flexibility index (Phi) is 10.7. The van der Waals surface area contributed by atoms with Gasteiger partial charge in [-0.3, -0.25) is 14.4 Å². The van der Waals surface area contributed by atoms with Gasteiger partial charge in [0.25, 0.3) is 11.8 Å². The van der Waals surface area contributed by atoms with Gasteiger partial charge in [-0.25, -0.2) is 4.79 Å². The molecule has 0 saturated heterocycles. The second-order valence-electron chi connectivity index (χ2n) is 12.7. The lowest BCUT2D eigenvalue weighted by atomic mass is 9.86. The number of rotatable bonds is 14. The standard InChI is InChI=1S/C39H38N4O9/c44-32-15-13-30(31-14-16-34(46)43-36(31)32)33(45)21-40-20-23-9-11-24(12-10-23)37(48)42-28-18-27(19-28)41-35(47)22-52-29-8-4-7-26(17-29)39(51,38(49)50)25-5-2-1-3-6-25/h1-17,27-28,33,40,44-45,51H,18-22H2,(H,41,47)(H,42,48)(H,43,46)(H,49,50). The number of hydrogen-bond donors (Lipinski definition) is 8. The van der Waals surface area contributed by atoms with Crippen LogP contribution in [-0.2, 0) is 21.7 Å². The summed E-state index contributed by atoms with van der Waals surface area (Å²) < 4.78 is 5.61. The van der Waals surface area contributed by atoms with Gasteiger partial charge in [0.15, 0.2) is 6.61 Å². The summed E-state index contributed by atoms with van der Waals surface area (Å²) in [6, 6.07) is 26.8. The summed E-state index contributed by atoms with van der Waals surface area (Å²) in [5, 5.41) is 51.4. The Balaban J connectivity index is 0.918. The van der Waals surface area contributed by atoms with Crippen molar-refractivity contribution in [1.29, 1.82) is 0 Å². The molecule has 5 aromatic rings. The van der Waals surface area contributed by atoms with Crippen molar-refractivity contribution < 1.29 is 39.5 Å². The predicted molar refractivity (Wildman–Crippen MR) is 191 cm³/mol. The third-order valence-corrected chi connectivity index (χ3v) is 9.11. The Morgan fingerprint density at radius 3 is 2.31 bits per heavy atom. The van der Waals surface area contributed by atoms with E-state index < -0.39 is 17.7 Å². The average Bonchev–Trinajstić information content (AvgIpc) is 3.13. The first-order valence-corrected chi connectivity index (χ1v) is 16.7. The molecule has 1 fully saturated rings. The second kappa shape index (κ2) is 15.5. The number of aromatic amines is 1. The van der Waals surface area contributed by atoms with Crippen molar-refractivity contribution in [3.05, 3.63) is 141 Å².